The van der Waals surface area contributed by atoms with Crippen LogP contribution in [0.25, 0.3) is 0 Å². The first-order valence-electron chi connectivity index (χ1n) is 6.61. The van der Waals surface area contributed by atoms with Gasteiger partial charge in [0.05, 0.1) is 0 Å². The topological polar surface area (TPSA) is 46.6 Å². The van der Waals surface area contributed by atoms with Crippen molar-refractivity contribution in [1.29, 1.82) is 0 Å². The number of fused-ring (bicyclic) bond motifs is 2. The Labute approximate surface area is 112 Å². The van der Waals surface area contributed by atoms with Crippen LogP contribution in [-0.4, -0.2) is 29.4 Å². The third kappa shape index (κ3) is 2.11. The number of nitrogens with zero attached hydrogens (tertiary/aromatic N) is 1. The van der Waals surface area contributed by atoms with Crippen molar-refractivity contribution in [3.8, 4) is 0 Å². The highest BCUT2D eigenvalue weighted by molar-refractivity contribution is 5.78. The lowest BCUT2D eigenvalue weighted by molar-refractivity contribution is 0.0737. The maximum atomic E-state index is 12.1. The number of carbonyl (C=O) groups excluding carboxylic acids is 2. The first-order chi connectivity index (χ1) is 9.23. The molecule has 1 aliphatic carbocycles. The molecule has 2 bridgehead atoms. The van der Waals surface area contributed by atoms with E-state index in [1.807, 2.05) is 30.3 Å². The quantitative estimate of drug-likeness (QED) is 0.835. The summed E-state index contributed by atoms with van der Waals surface area (Å²) in [5.41, 5.74) is 0.239. The number of carbonyl (C=O) groups is 1. The van der Waals surface area contributed by atoms with Crippen molar-refractivity contribution in [2.24, 2.45) is 5.92 Å². The van der Waals surface area contributed by atoms with Gasteiger partial charge in [0, 0.05) is 6.54 Å². The van der Waals surface area contributed by atoms with Crippen molar-refractivity contribution in [3.63, 3.8) is 0 Å². The molecule has 0 aromatic heterocycles. The lowest BCUT2D eigenvalue weighted by atomic mass is 10.00. The highest BCUT2D eigenvalue weighted by Gasteiger charge is 2.54. The Morgan fingerprint density at radius 1 is 1.42 bits per heavy atom. The van der Waals surface area contributed by atoms with Crippen LogP contribution in [0, 0.1) is 5.92 Å². The van der Waals surface area contributed by atoms with E-state index >= 15 is 0 Å². The van der Waals surface area contributed by atoms with Gasteiger partial charge in [0.15, 0.2) is 0 Å². The number of benzene rings is 1. The Morgan fingerprint density at radius 3 is 2.89 bits per heavy atom. The van der Waals surface area contributed by atoms with Gasteiger partial charge in [-0.05, 0) is 30.7 Å². The molecule has 99 valence electrons. The van der Waals surface area contributed by atoms with Crippen LogP contribution in [0.1, 0.15) is 24.8 Å². The molecule has 1 saturated heterocycles. The van der Waals surface area contributed by atoms with E-state index in [0.717, 1.165) is 24.8 Å². The van der Waals surface area contributed by atoms with Gasteiger partial charge in [-0.2, -0.15) is 0 Å². The average Bonchev–Trinajstić information content (AvgIpc) is 3.04. The van der Waals surface area contributed by atoms with E-state index in [2.05, 4.69) is 6.29 Å². The van der Waals surface area contributed by atoms with E-state index in [9.17, 15) is 9.59 Å². The number of rotatable bonds is 3. The molecule has 1 radical (unpaired) electrons. The molecule has 4 nitrogen and oxygen atoms in total. The molecule has 2 aliphatic rings. The van der Waals surface area contributed by atoms with E-state index in [1.165, 1.54) is 0 Å². The molecule has 1 heterocycles. The molecule has 3 rings (SSSR count). The third-order valence-corrected chi connectivity index (χ3v) is 4.17. The fourth-order valence-electron chi connectivity index (χ4n) is 3.15. The van der Waals surface area contributed by atoms with Crippen molar-refractivity contribution >= 4 is 12.4 Å². The molecule has 0 unspecified atom stereocenters. The maximum Gasteiger partial charge on any atom is 0.410 e. The minimum absolute atomic E-state index is 0.246. The monoisotopic (exact) mass is 258 g/mol. The molecule has 0 spiro atoms. The maximum absolute atomic E-state index is 12.1. The van der Waals surface area contributed by atoms with Crippen molar-refractivity contribution in [2.75, 3.05) is 6.54 Å². The number of hydrogen-bond donors (Lipinski definition) is 0. The number of ether oxygens (including phenoxy) is 1. The van der Waals surface area contributed by atoms with Gasteiger partial charge in [-0.3, -0.25) is 9.69 Å². The molecule has 1 amide bonds. The zero-order valence-electron chi connectivity index (χ0n) is 10.7. The molecule has 1 aromatic carbocycles. The van der Waals surface area contributed by atoms with Crippen LogP contribution < -0.4 is 0 Å². The minimum Gasteiger partial charge on any atom is -0.445 e. The van der Waals surface area contributed by atoms with Gasteiger partial charge in [-0.25, -0.2) is 4.79 Å². The molecule has 19 heavy (non-hydrogen) atoms. The van der Waals surface area contributed by atoms with Crippen molar-refractivity contribution in [1.82, 2.24) is 4.90 Å². The molecule has 2 atom stereocenters. The lowest BCUT2D eigenvalue weighted by Gasteiger charge is -2.32. The SMILES string of the molecule is O=[C][C@]12CC[C@H](CN1C(=O)OCc1ccccc1)C2. The summed E-state index contributed by atoms with van der Waals surface area (Å²) in [5, 5.41) is 0. The van der Waals surface area contributed by atoms with Crippen LogP contribution in [0.15, 0.2) is 30.3 Å². The molecule has 1 aliphatic heterocycles. The van der Waals surface area contributed by atoms with Gasteiger partial charge in [0.25, 0.3) is 0 Å². The van der Waals surface area contributed by atoms with Crippen LogP contribution in [-0.2, 0) is 16.1 Å². The molecule has 2 fully saturated rings. The van der Waals surface area contributed by atoms with Gasteiger partial charge < -0.3 is 4.74 Å². The van der Waals surface area contributed by atoms with Crippen molar-refractivity contribution < 1.29 is 14.3 Å². The Kier molecular flexibility index (Phi) is 3.01. The zero-order valence-corrected chi connectivity index (χ0v) is 10.7. The van der Waals surface area contributed by atoms with E-state index in [1.54, 1.807) is 4.90 Å². The van der Waals surface area contributed by atoms with Crippen LogP contribution >= 0.6 is 0 Å². The first-order valence-corrected chi connectivity index (χ1v) is 6.61. The zero-order chi connectivity index (χ0) is 13.3. The summed E-state index contributed by atoms with van der Waals surface area (Å²) in [6.07, 6.45) is 4.16. The smallest absolute Gasteiger partial charge is 0.410 e. The van der Waals surface area contributed by atoms with E-state index in [4.69, 9.17) is 4.74 Å². The Hall–Kier alpha value is -1.84. The largest absolute Gasteiger partial charge is 0.445 e. The van der Waals surface area contributed by atoms with Crippen LogP contribution in [0.2, 0.25) is 0 Å². The molecule has 1 aromatic rings. The summed E-state index contributed by atoms with van der Waals surface area (Å²) >= 11 is 0. The van der Waals surface area contributed by atoms with Gasteiger partial charge in [-0.1, -0.05) is 30.3 Å². The van der Waals surface area contributed by atoms with Crippen LogP contribution in [0.5, 0.6) is 0 Å². The second kappa shape index (κ2) is 4.68. The number of amides is 1. The molecule has 4 heteroatoms. The van der Waals surface area contributed by atoms with Gasteiger partial charge in [0.2, 0.25) is 6.29 Å². The summed E-state index contributed by atoms with van der Waals surface area (Å²) in [4.78, 5) is 24.9. The van der Waals surface area contributed by atoms with E-state index < -0.39 is 11.6 Å². The normalized spacial score (nSPS) is 28.4. The van der Waals surface area contributed by atoms with E-state index in [0.29, 0.717) is 12.5 Å². The lowest BCUT2D eigenvalue weighted by Crippen LogP contribution is -2.49. The summed E-state index contributed by atoms with van der Waals surface area (Å²) in [7, 11) is 0. The molecule has 0 N–H and O–H groups in total. The number of likely N-dealkylation sites (tertiary alicyclic amines) is 1. The number of piperidine rings is 1. The Morgan fingerprint density at radius 2 is 2.21 bits per heavy atom. The second-order valence-electron chi connectivity index (χ2n) is 5.39. The Bertz CT molecular complexity index is 487. The van der Waals surface area contributed by atoms with Crippen LogP contribution in [0.4, 0.5) is 4.79 Å². The van der Waals surface area contributed by atoms with Gasteiger partial charge >= 0.3 is 6.09 Å². The van der Waals surface area contributed by atoms with Gasteiger partial charge in [-0.15, -0.1) is 0 Å². The minimum atomic E-state index is -0.710. The second-order valence-corrected chi connectivity index (χ2v) is 5.39. The van der Waals surface area contributed by atoms with Gasteiger partial charge in [0.1, 0.15) is 12.1 Å². The third-order valence-electron chi connectivity index (χ3n) is 4.17. The summed E-state index contributed by atoms with van der Waals surface area (Å²) in [6.45, 7) is 0.874. The van der Waals surface area contributed by atoms with E-state index in [-0.39, 0.29) is 6.61 Å². The first kappa shape index (κ1) is 12.2. The Balaban J connectivity index is 1.64. The standard InChI is InChI=1S/C15H16NO3/c17-11-15-7-6-13(8-15)9-16(15)14(18)19-10-12-4-2-1-3-5-12/h1-5,13H,6-10H2/t13-,15+/m0/s1. The summed E-state index contributed by atoms with van der Waals surface area (Å²) in [6, 6.07) is 9.54. The summed E-state index contributed by atoms with van der Waals surface area (Å²) in [5.74, 6) is 0.436. The van der Waals surface area contributed by atoms with Crippen molar-refractivity contribution in [2.45, 2.75) is 31.4 Å². The highest BCUT2D eigenvalue weighted by Crippen LogP contribution is 2.45. The highest BCUT2D eigenvalue weighted by atomic mass is 16.6. The average molecular weight is 258 g/mol. The summed E-state index contributed by atoms with van der Waals surface area (Å²) < 4.78 is 5.30. The molecular formula is C15H16NO3. The predicted molar refractivity (Wildman–Crippen MR) is 69.1 cm³/mol. The molecular weight excluding hydrogens is 242 g/mol. The predicted octanol–water partition coefficient (Wildman–Crippen LogP) is 2.29. The van der Waals surface area contributed by atoms with Crippen LogP contribution in [0.3, 0.4) is 0 Å². The fourth-order valence-corrected chi connectivity index (χ4v) is 3.15. The van der Waals surface area contributed by atoms with Crippen molar-refractivity contribution in [3.05, 3.63) is 35.9 Å². The fraction of sp³-hybridized carbons (Fsp3) is 0.467. The number of hydrogen-bond acceptors (Lipinski definition) is 3. The molecule has 1 saturated carbocycles.